The summed E-state index contributed by atoms with van der Waals surface area (Å²) in [7, 11) is 0. The second kappa shape index (κ2) is 3.67. The highest BCUT2D eigenvalue weighted by Crippen LogP contribution is 2.08. The number of piperidine rings is 1. The molecule has 3 nitrogen and oxygen atoms in total. The molecule has 0 aliphatic carbocycles. The van der Waals surface area contributed by atoms with Crippen LogP contribution in [0, 0.1) is 0 Å². The summed E-state index contributed by atoms with van der Waals surface area (Å²) >= 11 is 4.85. The number of carbonyl (C=O) groups excluding carboxylic acids is 1. The van der Waals surface area contributed by atoms with Gasteiger partial charge in [-0.2, -0.15) is 0 Å². The van der Waals surface area contributed by atoms with E-state index in [0.717, 1.165) is 25.9 Å². The molecular weight excluding hydrogens is 160 g/mol. The minimum Gasteiger partial charge on any atom is -0.364 e. The average Bonchev–Trinajstić information content (AvgIpc) is 2.05. The highest BCUT2D eigenvalue weighted by atomic mass is 32.1. The zero-order valence-corrected chi connectivity index (χ0v) is 7.19. The maximum atomic E-state index is 10.6. The predicted octanol–water partition coefficient (Wildman–Crippen LogP) is 0.285. The second-order valence-corrected chi connectivity index (χ2v) is 3.10. The second-order valence-electron chi connectivity index (χ2n) is 2.72. The molecular formula is C7H12N2OS. The summed E-state index contributed by atoms with van der Waals surface area (Å²) in [5, 5.41) is 0. The summed E-state index contributed by atoms with van der Waals surface area (Å²) in [5.41, 5.74) is 5.05. The molecule has 11 heavy (non-hydrogen) atoms. The van der Waals surface area contributed by atoms with Crippen LogP contribution in [0.25, 0.3) is 0 Å². The van der Waals surface area contributed by atoms with Gasteiger partial charge in [0.25, 0.3) is 5.91 Å². The van der Waals surface area contributed by atoms with Crippen molar-refractivity contribution >= 4 is 23.1 Å². The molecule has 1 fully saturated rings. The first-order valence-corrected chi connectivity index (χ1v) is 4.21. The van der Waals surface area contributed by atoms with Gasteiger partial charge in [0.05, 0.1) is 0 Å². The van der Waals surface area contributed by atoms with Crippen LogP contribution in [0.5, 0.6) is 0 Å². The first-order chi connectivity index (χ1) is 5.22. The summed E-state index contributed by atoms with van der Waals surface area (Å²) in [6, 6.07) is 0. The monoisotopic (exact) mass is 172 g/mol. The van der Waals surface area contributed by atoms with Gasteiger partial charge in [0.2, 0.25) is 0 Å². The van der Waals surface area contributed by atoms with Gasteiger partial charge < -0.3 is 10.6 Å². The van der Waals surface area contributed by atoms with E-state index in [1.807, 2.05) is 4.90 Å². The van der Waals surface area contributed by atoms with Gasteiger partial charge in [0, 0.05) is 13.1 Å². The molecule has 0 aromatic heterocycles. The van der Waals surface area contributed by atoms with Gasteiger partial charge in [-0.1, -0.05) is 12.2 Å². The molecule has 0 aromatic carbocycles. The molecule has 1 aliphatic rings. The number of amides is 1. The Morgan fingerprint density at radius 1 is 1.27 bits per heavy atom. The van der Waals surface area contributed by atoms with Crippen molar-refractivity contribution in [3.63, 3.8) is 0 Å². The van der Waals surface area contributed by atoms with Crippen molar-refractivity contribution in [1.82, 2.24) is 4.90 Å². The average molecular weight is 172 g/mol. The number of hydrogen-bond donors (Lipinski definition) is 1. The Labute approximate surface area is 71.5 Å². The molecule has 1 rings (SSSR count). The van der Waals surface area contributed by atoms with Gasteiger partial charge in [-0.05, 0) is 19.3 Å². The van der Waals surface area contributed by atoms with E-state index in [1.165, 1.54) is 6.42 Å². The highest BCUT2D eigenvalue weighted by molar-refractivity contribution is 7.81. The number of nitrogens with zero attached hydrogens (tertiary/aromatic N) is 1. The van der Waals surface area contributed by atoms with Gasteiger partial charge in [0.1, 0.15) is 0 Å². The minimum absolute atomic E-state index is 0.296. The maximum absolute atomic E-state index is 10.6. The van der Waals surface area contributed by atoms with E-state index in [2.05, 4.69) is 0 Å². The molecule has 1 amide bonds. The predicted molar refractivity (Wildman–Crippen MR) is 47.2 cm³/mol. The Morgan fingerprint density at radius 2 is 1.82 bits per heavy atom. The van der Waals surface area contributed by atoms with Crippen LogP contribution in [0.15, 0.2) is 0 Å². The van der Waals surface area contributed by atoms with Crippen LogP contribution in [-0.2, 0) is 4.79 Å². The fourth-order valence-electron chi connectivity index (χ4n) is 1.25. The van der Waals surface area contributed by atoms with E-state index in [-0.39, 0.29) is 0 Å². The van der Waals surface area contributed by atoms with Gasteiger partial charge in [0.15, 0.2) is 4.99 Å². The van der Waals surface area contributed by atoms with Crippen molar-refractivity contribution in [2.24, 2.45) is 5.73 Å². The molecule has 4 heteroatoms. The largest absolute Gasteiger partial charge is 0.364 e. The smallest absolute Gasteiger partial charge is 0.276 e. The van der Waals surface area contributed by atoms with E-state index in [4.69, 9.17) is 18.0 Å². The van der Waals surface area contributed by atoms with Crippen LogP contribution < -0.4 is 5.73 Å². The fourth-order valence-corrected chi connectivity index (χ4v) is 1.44. The molecule has 62 valence electrons. The number of rotatable bonds is 0. The van der Waals surface area contributed by atoms with Crippen molar-refractivity contribution in [3.05, 3.63) is 0 Å². The van der Waals surface area contributed by atoms with Crippen molar-refractivity contribution < 1.29 is 4.79 Å². The van der Waals surface area contributed by atoms with Gasteiger partial charge in [-0.3, -0.25) is 4.79 Å². The summed E-state index contributed by atoms with van der Waals surface area (Å²) in [4.78, 5) is 12.8. The molecule has 1 saturated heterocycles. The van der Waals surface area contributed by atoms with E-state index in [9.17, 15) is 4.79 Å². The first kappa shape index (κ1) is 8.46. The summed E-state index contributed by atoms with van der Waals surface area (Å²) in [5.74, 6) is -0.470. The van der Waals surface area contributed by atoms with Gasteiger partial charge in [-0.15, -0.1) is 0 Å². The maximum Gasteiger partial charge on any atom is 0.276 e. The molecule has 0 aromatic rings. The van der Waals surface area contributed by atoms with Crippen molar-refractivity contribution in [2.45, 2.75) is 19.3 Å². The zero-order valence-electron chi connectivity index (χ0n) is 6.38. The first-order valence-electron chi connectivity index (χ1n) is 3.80. The Hall–Kier alpha value is -0.640. The van der Waals surface area contributed by atoms with Crippen LogP contribution in [-0.4, -0.2) is 28.9 Å². The third kappa shape index (κ3) is 2.15. The quantitative estimate of drug-likeness (QED) is 0.534. The van der Waals surface area contributed by atoms with E-state index < -0.39 is 5.91 Å². The molecule has 1 heterocycles. The van der Waals surface area contributed by atoms with E-state index in [1.54, 1.807) is 0 Å². The Bertz CT molecular complexity index is 175. The fraction of sp³-hybridized carbons (Fsp3) is 0.714. The Morgan fingerprint density at radius 3 is 2.27 bits per heavy atom. The lowest BCUT2D eigenvalue weighted by Crippen LogP contribution is -2.41. The lowest BCUT2D eigenvalue weighted by Gasteiger charge is -2.27. The van der Waals surface area contributed by atoms with Crippen LogP contribution in [0.4, 0.5) is 0 Å². The molecule has 0 unspecified atom stereocenters. The third-order valence-corrected chi connectivity index (χ3v) is 2.31. The molecule has 0 saturated carbocycles. The molecule has 2 N–H and O–H groups in total. The number of likely N-dealkylation sites (tertiary alicyclic amines) is 1. The Balaban J connectivity index is 2.45. The molecule has 0 radical (unpaired) electrons. The third-order valence-electron chi connectivity index (χ3n) is 1.85. The van der Waals surface area contributed by atoms with Crippen LogP contribution in [0.2, 0.25) is 0 Å². The number of hydrogen-bond acceptors (Lipinski definition) is 2. The normalized spacial score (nSPS) is 18.0. The lowest BCUT2D eigenvalue weighted by atomic mass is 10.1. The number of thiocarbonyl (C=S) groups is 1. The SMILES string of the molecule is NC(=O)C(=S)N1CCCCC1. The molecule has 1 aliphatic heterocycles. The zero-order chi connectivity index (χ0) is 8.27. The standard InChI is InChI=1S/C7H12N2OS/c8-6(10)7(11)9-4-2-1-3-5-9/h1-5H2,(H2,8,10). The summed E-state index contributed by atoms with van der Waals surface area (Å²) < 4.78 is 0. The minimum atomic E-state index is -0.470. The molecule has 0 bridgehead atoms. The highest BCUT2D eigenvalue weighted by Gasteiger charge is 2.16. The van der Waals surface area contributed by atoms with Gasteiger partial charge in [-0.25, -0.2) is 0 Å². The van der Waals surface area contributed by atoms with Crippen molar-refractivity contribution in [3.8, 4) is 0 Å². The van der Waals surface area contributed by atoms with Crippen molar-refractivity contribution in [1.29, 1.82) is 0 Å². The molecule has 0 spiro atoms. The molecule has 0 atom stereocenters. The van der Waals surface area contributed by atoms with E-state index >= 15 is 0 Å². The van der Waals surface area contributed by atoms with Gasteiger partial charge >= 0.3 is 0 Å². The van der Waals surface area contributed by atoms with Crippen molar-refractivity contribution in [2.75, 3.05) is 13.1 Å². The lowest BCUT2D eigenvalue weighted by molar-refractivity contribution is -0.112. The summed E-state index contributed by atoms with van der Waals surface area (Å²) in [6.07, 6.45) is 3.47. The number of primary amides is 1. The van der Waals surface area contributed by atoms with Crippen LogP contribution >= 0.6 is 12.2 Å². The Kier molecular flexibility index (Phi) is 2.82. The van der Waals surface area contributed by atoms with Crippen LogP contribution in [0.3, 0.4) is 0 Å². The topological polar surface area (TPSA) is 46.3 Å². The van der Waals surface area contributed by atoms with E-state index in [0.29, 0.717) is 4.99 Å². The summed E-state index contributed by atoms with van der Waals surface area (Å²) in [6.45, 7) is 1.78. The van der Waals surface area contributed by atoms with Crippen LogP contribution in [0.1, 0.15) is 19.3 Å². The number of nitrogens with two attached hydrogens (primary N) is 1. The number of carbonyl (C=O) groups is 1.